The Morgan fingerprint density at radius 1 is 1.21 bits per heavy atom. The van der Waals surface area contributed by atoms with E-state index in [2.05, 4.69) is 4.74 Å². The average Bonchev–Trinajstić information content (AvgIpc) is 2.32. The lowest BCUT2D eigenvalue weighted by molar-refractivity contribution is -0.155. The van der Waals surface area contributed by atoms with Crippen molar-refractivity contribution in [3.8, 4) is 5.75 Å². The summed E-state index contributed by atoms with van der Waals surface area (Å²) in [6.07, 6.45) is -1.03. The van der Waals surface area contributed by atoms with Gasteiger partial charge in [-0.15, -0.1) is 0 Å². The van der Waals surface area contributed by atoms with E-state index in [0.717, 1.165) is 0 Å². The molecule has 19 heavy (non-hydrogen) atoms. The van der Waals surface area contributed by atoms with Gasteiger partial charge in [0, 0.05) is 6.07 Å². The molecule has 8 heteroatoms. The first-order chi connectivity index (χ1) is 8.81. The van der Waals surface area contributed by atoms with Crippen LogP contribution in [0.5, 0.6) is 5.75 Å². The zero-order valence-electron chi connectivity index (χ0n) is 9.78. The van der Waals surface area contributed by atoms with Crippen LogP contribution in [0.15, 0.2) is 12.1 Å². The number of ether oxygens (including phenoxy) is 2. The number of hydrogen-bond donors (Lipinski definition) is 1. The largest absolute Gasteiger partial charge is 0.480 e. The second-order valence-electron chi connectivity index (χ2n) is 3.52. The topological polar surface area (TPSA) is 78.6 Å². The molecule has 0 spiro atoms. The number of amides is 1. The molecule has 0 radical (unpaired) electrons. The number of halogens is 3. The standard InChI is InChI=1S/C11H10Cl3NO4/c1-5(11(15)17)19-10(16)4-18-9-3-7(13)6(12)2-8(9)14/h2-3,5H,4H2,1H3,(H2,15,17)/t5-/m1/s1. The minimum atomic E-state index is -1.03. The SMILES string of the molecule is C[C@@H](OC(=O)COc1cc(Cl)c(Cl)cc1Cl)C(N)=O. The minimum absolute atomic E-state index is 0.180. The third kappa shape index (κ3) is 4.78. The Labute approximate surface area is 124 Å². The van der Waals surface area contributed by atoms with Crippen molar-refractivity contribution in [2.75, 3.05) is 6.61 Å². The molecule has 0 fully saturated rings. The number of hydrogen-bond acceptors (Lipinski definition) is 4. The zero-order valence-corrected chi connectivity index (χ0v) is 12.1. The van der Waals surface area contributed by atoms with E-state index in [9.17, 15) is 9.59 Å². The lowest BCUT2D eigenvalue weighted by Gasteiger charge is -2.11. The van der Waals surface area contributed by atoms with Crippen molar-refractivity contribution in [2.24, 2.45) is 5.73 Å². The summed E-state index contributed by atoms with van der Waals surface area (Å²) in [6.45, 7) is 0.918. The fraction of sp³-hybridized carbons (Fsp3) is 0.273. The molecule has 1 aromatic carbocycles. The first-order valence-electron chi connectivity index (χ1n) is 5.07. The fourth-order valence-electron chi connectivity index (χ4n) is 1.04. The summed E-state index contributed by atoms with van der Waals surface area (Å²) in [4.78, 5) is 22.0. The quantitative estimate of drug-likeness (QED) is 0.666. The van der Waals surface area contributed by atoms with Crippen molar-refractivity contribution >= 4 is 46.7 Å². The second-order valence-corrected chi connectivity index (χ2v) is 4.74. The molecule has 0 aliphatic heterocycles. The molecular formula is C11H10Cl3NO4. The van der Waals surface area contributed by atoms with Crippen molar-refractivity contribution < 1.29 is 19.1 Å². The van der Waals surface area contributed by atoms with Crippen molar-refractivity contribution in [3.05, 3.63) is 27.2 Å². The van der Waals surface area contributed by atoms with Crippen molar-refractivity contribution in [3.63, 3.8) is 0 Å². The Balaban J connectivity index is 2.60. The number of rotatable bonds is 5. The molecule has 0 aliphatic carbocycles. The van der Waals surface area contributed by atoms with Gasteiger partial charge < -0.3 is 15.2 Å². The van der Waals surface area contributed by atoms with Crippen LogP contribution in [0.3, 0.4) is 0 Å². The Hall–Kier alpha value is -1.17. The first kappa shape index (κ1) is 15.9. The highest BCUT2D eigenvalue weighted by Gasteiger charge is 2.16. The monoisotopic (exact) mass is 325 g/mol. The van der Waals surface area contributed by atoms with Crippen LogP contribution in [0.25, 0.3) is 0 Å². The van der Waals surface area contributed by atoms with Gasteiger partial charge in [-0.05, 0) is 13.0 Å². The molecule has 0 heterocycles. The molecule has 1 atom stereocenters. The van der Waals surface area contributed by atoms with Crippen molar-refractivity contribution in [1.82, 2.24) is 0 Å². The average molecular weight is 327 g/mol. The van der Waals surface area contributed by atoms with Crippen LogP contribution >= 0.6 is 34.8 Å². The number of nitrogens with two attached hydrogens (primary N) is 1. The third-order valence-electron chi connectivity index (χ3n) is 2.03. The number of benzene rings is 1. The van der Waals surface area contributed by atoms with Gasteiger partial charge in [-0.2, -0.15) is 0 Å². The normalized spacial score (nSPS) is 11.8. The van der Waals surface area contributed by atoms with Gasteiger partial charge in [-0.1, -0.05) is 34.8 Å². The highest BCUT2D eigenvalue weighted by Crippen LogP contribution is 2.33. The number of esters is 1. The molecule has 0 unspecified atom stereocenters. The molecule has 0 aliphatic rings. The summed E-state index contributed by atoms with van der Waals surface area (Å²) >= 11 is 17.4. The number of carbonyl (C=O) groups excluding carboxylic acids is 2. The molecule has 0 saturated carbocycles. The molecule has 1 amide bonds. The lowest BCUT2D eigenvalue weighted by Crippen LogP contribution is -2.32. The Morgan fingerprint density at radius 2 is 1.79 bits per heavy atom. The highest BCUT2D eigenvalue weighted by molar-refractivity contribution is 6.43. The van der Waals surface area contributed by atoms with Gasteiger partial charge >= 0.3 is 5.97 Å². The van der Waals surface area contributed by atoms with Gasteiger partial charge in [0.05, 0.1) is 15.1 Å². The predicted molar refractivity (Wildman–Crippen MR) is 71.7 cm³/mol. The second kappa shape index (κ2) is 6.84. The maximum absolute atomic E-state index is 11.3. The van der Waals surface area contributed by atoms with E-state index >= 15 is 0 Å². The molecule has 0 saturated heterocycles. The van der Waals surface area contributed by atoms with Gasteiger partial charge in [0.2, 0.25) is 0 Å². The smallest absolute Gasteiger partial charge is 0.344 e. The molecule has 104 valence electrons. The molecule has 1 rings (SSSR count). The van der Waals surface area contributed by atoms with Crippen LogP contribution in [0, 0.1) is 0 Å². The summed E-state index contributed by atoms with van der Waals surface area (Å²) in [5.74, 6) is -1.32. The van der Waals surface area contributed by atoms with E-state index in [-0.39, 0.29) is 20.8 Å². The maximum atomic E-state index is 11.3. The van der Waals surface area contributed by atoms with Crippen LogP contribution < -0.4 is 10.5 Å². The van der Waals surface area contributed by atoms with Crippen molar-refractivity contribution in [1.29, 1.82) is 0 Å². The number of primary amides is 1. The third-order valence-corrected chi connectivity index (χ3v) is 3.05. The maximum Gasteiger partial charge on any atom is 0.344 e. The van der Waals surface area contributed by atoms with Gasteiger partial charge in [0.25, 0.3) is 5.91 Å². The van der Waals surface area contributed by atoms with Crippen LogP contribution in [-0.2, 0) is 14.3 Å². The van der Waals surface area contributed by atoms with Crippen LogP contribution in [0.1, 0.15) is 6.92 Å². The predicted octanol–water partition coefficient (Wildman–Crippen LogP) is 2.44. The van der Waals surface area contributed by atoms with E-state index < -0.39 is 24.6 Å². The van der Waals surface area contributed by atoms with E-state index in [1.54, 1.807) is 0 Å². The van der Waals surface area contributed by atoms with Gasteiger partial charge in [-0.25, -0.2) is 4.79 Å². The van der Waals surface area contributed by atoms with Crippen LogP contribution in [-0.4, -0.2) is 24.6 Å². The Bertz CT molecular complexity index is 507. The summed E-state index contributed by atoms with van der Waals surface area (Å²) < 4.78 is 9.80. The Morgan fingerprint density at radius 3 is 2.37 bits per heavy atom. The van der Waals surface area contributed by atoms with Gasteiger partial charge in [0.15, 0.2) is 12.7 Å². The number of carbonyl (C=O) groups is 2. The van der Waals surface area contributed by atoms with Gasteiger partial charge in [0.1, 0.15) is 5.75 Å². The van der Waals surface area contributed by atoms with Crippen LogP contribution in [0.4, 0.5) is 0 Å². The molecule has 2 N–H and O–H groups in total. The van der Waals surface area contributed by atoms with E-state index in [1.807, 2.05) is 0 Å². The molecule has 1 aromatic rings. The molecular weight excluding hydrogens is 316 g/mol. The van der Waals surface area contributed by atoms with E-state index in [4.69, 9.17) is 45.3 Å². The highest BCUT2D eigenvalue weighted by atomic mass is 35.5. The minimum Gasteiger partial charge on any atom is -0.480 e. The summed E-state index contributed by atoms with van der Waals surface area (Å²) in [6, 6.07) is 2.76. The molecule has 0 aromatic heterocycles. The van der Waals surface area contributed by atoms with E-state index in [0.29, 0.717) is 0 Å². The summed E-state index contributed by atoms with van der Waals surface area (Å²) in [5, 5.41) is 0.703. The van der Waals surface area contributed by atoms with E-state index in [1.165, 1.54) is 19.1 Å². The summed E-state index contributed by atoms with van der Waals surface area (Å²) in [7, 11) is 0. The lowest BCUT2D eigenvalue weighted by atomic mass is 10.3. The molecule has 5 nitrogen and oxygen atoms in total. The molecule has 0 bridgehead atoms. The van der Waals surface area contributed by atoms with Gasteiger partial charge in [-0.3, -0.25) is 4.79 Å². The summed E-state index contributed by atoms with van der Waals surface area (Å²) in [5.41, 5.74) is 4.94. The zero-order chi connectivity index (χ0) is 14.6. The van der Waals surface area contributed by atoms with Crippen LogP contribution in [0.2, 0.25) is 15.1 Å². The first-order valence-corrected chi connectivity index (χ1v) is 6.20. The van der Waals surface area contributed by atoms with Crippen molar-refractivity contribution in [2.45, 2.75) is 13.0 Å². The Kier molecular flexibility index (Phi) is 5.72. The fourth-order valence-corrected chi connectivity index (χ4v) is 1.63.